The Labute approximate surface area is 127 Å². The predicted octanol–water partition coefficient (Wildman–Crippen LogP) is 3.11. The van der Waals surface area contributed by atoms with Crippen LogP contribution in [0, 0.1) is 5.92 Å². The largest absolute Gasteiger partial charge is 0.397 e. The monoisotopic (exact) mass is 289 g/mol. The van der Waals surface area contributed by atoms with Crippen LogP contribution in [0.1, 0.15) is 39.5 Å². The Hall–Kier alpha value is -1.55. The lowest BCUT2D eigenvalue weighted by Gasteiger charge is -2.37. The summed E-state index contributed by atoms with van der Waals surface area (Å²) in [4.78, 5) is 14.5. The van der Waals surface area contributed by atoms with Crippen molar-refractivity contribution in [1.82, 2.24) is 4.90 Å². The number of nitrogens with one attached hydrogen (secondary N) is 1. The van der Waals surface area contributed by atoms with E-state index in [9.17, 15) is 4.79 Å². The topological polar surface area (TPSA) is 58.4 Å². The molecular weight excluding hydrogens is 262 g/mol. The lowest BCUT2D eigenvalue weighted by atomic mass is 9.92. The van der Waals surface area contributed by atoms with Crippen LogP contribution in [0.2, 0.25) is 0 Å². The number of hydrogen-bond donors (Lipinski definition) is 2. The Bertz CT molecular complexity index is 475. The van der Waals surface area contributed by atoms with E-state index in [1.54, 1.807) is 6.07 Å². The molecule has 0 spiro atoms. The van der Waals surface area contributed by atoms with Crippen LogP contribution in [-0.2, 0) is 4.79 Å². The quantitative estimate of drug-likeness (QED) is 0.819. The lowest BCUT2D eigenvalue weighted by molar-refractivity contribution is -0.116. The van der Waals surface area contributed by atoms with Crippen molar-refractivity contribution in [3.05, 3.63) is 24.3 Å². The number of nitrogens with zero attached hydrogens (tertiary/aromatic N) is 1. The molecule has 4 heteroatoms. The first-order chi connectivity index (χ1) is 10.1. The van der Waals surface area contributed by atoms with Crippen molar-refractivity contribution >= 4 is 17.3 Å². The number of benzene rings is 1. The van der Waals surface area contributed by atoms with E-state index >= 15 is 0 Å². The zero-order valence-electron chi connectivity index (χ0n) is 13.1. The van der Waals surface area contributed by atoms with Gasteiger partial charge in [-0.15, -0.1) is 0 Å². The molecule has 2 atom stereocenters. The van der Waals surface area contributed by atoms with Gasteiger partial charge in [0.1, 0.15) is 0 Å². The first-order valence-electron chi connectivity index (χ1n) is 7.96. The molecule has 0 aromatic heterocycles. The van der Waals surface area contributed by atoms with Gasteiger partial charge < -0.3 is 16.0 Å². The number of carbonyl (C=O) groups excluding carboxylic acids is 1. The van der Waals surface area contributed by atoms with E-state index in [-0.39, 0.29) is 5.91 Å². The first-order valence-corrected chi connectivity index (χ1v) is 7.96. The van der Waals surface area contributed by atoms with Crippen molar-refractivity contribution in [3.8, 4) is 0 Å². The number of likely N-dealkylation sites (tertiary alicyclic amines) is 1. The third-order valence-corrected chi connectivity index (χ3v) is 4.59. The molecule has 1 aromatic rings. The van der Waals surface area contributed by atoms with E-state index < -0.39 is 0 Å². The fraction of sp³-hybridized carbons (Fsp3) is 0.588. The summed E-state index contributed by atoms with van der Waals surface area (Å²) < 4.78 is 0. The molecule has 1 saturated heterocycles. The summed E-state index contributed by atoms with van der Waals surface area (Å²) in [5.74, 6) is 0.808. The summed E-state index contributed by atoms with van der Waals surface area (Å²) in [5.41, 5.74) is 7.15. The van der Waals surface area contributed by atoms with Gasteiger partial charge >= 0.3 is 0 Å². The second kappa shape index (κ2) is 7.46. The van der Waals surface area contributed by atoms with Gasteiger partial charge in [0, 0.05) is 12.5 Å². The minimum Gasteiger partial charge on any atom is -0.397 e. The van der Waals surface area contributed by atoms with E-state index in [0.29, 0.717) is 23.8 Å². The van der Waals surface area contributed by atoms with Crippen LogP contribution in [0.3, 0.4) is 0 Å². The van der Waals surface area contributed by atoms with E-state index in [0.717, 1.165) is 18.9 Å². The van der Waals surface area contributed by atoms with Crippen molar-refractivity contribution < 1.29 is 4.79 Å². The molecule has 1 aliphatic rings. The highest BCUT2D eigenvalue weighted by Crippen LogP contribution is 2.23. The van der Waals surface area contributed by atoms with E-state index in [1.807, 2.05) is 18.2 Å². The Kier molecular flexibility index (Phi) is 5.62. The van der Waals surface area contributed by atoms with Gasteiger partial charge in [0.05, 0.1) is 11.4 Å². The molecule has 0 bridgehead atoms. The molecule has 1 amide bonds. The van der Waals surface area contributed by atoms with Gasteiger partial charge in [-0.25, -0.2) is 0 Å². The fourth-order valence-electron chi connectivity index (χ4n) is 3.00. The molecule has 0 radical (unpaired) electrons. The number of carbonyl (C=O) groups is 1. The van der Waals surface area contributed by atoms with Crippen molar-refractivity contribution in [2.24, 2.45) is 5.92 Å². The zero-order valence-corrected chi connectivity index (χ0v) is 13.1. The highest BCUT2D eigenvalue weighted by molar-refractivity contribution is 5.93. The van der Waals surface area contributed by atoms with Crippen LogP contribution < -0.4 is 11.1 Å². The third-order valence-electron chi connectivity index (χ3n) is 4.59. The average molecular weight is 289 g/mol. The standard InChI is InChI=1S/C17H27N3O/c1-13-7-5-11-20(14(13)2)12-6-10-17(21)19-16-9-4-3-8-15(16)18/h3-4,8-9,13-14H,5-7,10-12,18H2,1-2H3,(H,19,21). The van der Waals surface area contributed by atoms with Gasteiger partial charge in [0.15, 0.2) is 0 Å². The molecule has 1 fully saturated rings. The second-order valence-corrected chi connectivity index (χ2v) is 6.14. The molecule has 0 saturated carbocycles. The molecular formula is C17H27N3O. The summed E-state index contributed by atoms with van der Waals surface area (Å²) in [7, 11) is 0. The normalized spacial score (nSPS) is 23.0. The van der Waals surface area contributed by atoms with Gasteiger partial charge in [-0.3, -0.25) is 4.79 Å². The highest BCUT2D eigenvalue weighted by Gasteiger charge is 2.24. The first kappa shape index (κ1) is 15.8. The number of anilines is 2. The van der Waals surface area contributed by atoms with E-state index in [2.05, 4.69) is 24.1 Å². The highest BCUT2D eigenvalue weighted by atomic mass is 16.1. The summed E-state index contributed by atoms with van der Waals surface area (Å²) in [6, 6.07) is 8.01. The van der Waals surface area contributed by atoms with Crippen molar-refractivity contribution in [3.63, 3.8) is 0 Å². The van der Waals surface area contributed by atoms with E-state index in [4.69, 9.17) is 5.73 Å². The van der Waals surface area contributed by atoms with Crippen LogP contribution in [-0.4, -0.2) is 29.9 Å². The van der Waals surface area contributed by atoms with Crippen LogP contribution in [0.25, 0.3) is 0 Å². The van der Waals surface area contributed by atoms with Crippen molar-refractivity contribution in [2.75, 3.05) is 24.1 Å². The van der Waals surface area contributed by atoms with Crippen molar-refractivity contribution in [1.29, 1.82) is 0 Å². The molecule has 1 aliphatic heterocycles. The molecule has 4 nitrogen and oxygen atoms in total. The van der Waals surface area contributed by atoms with Crippen molar-refractivity contribution in [2.45, 2.75) is 45.6 Å². The average Bonchev–Trinajstić information content (AvgIpc) is 2.46. The Morgan fingerprint density at radius 3 is 2.90 bits per heavy atom. The fourth-order valence-corrected chi connectivity index (χ4v) is 3.00. The molecule has 1 aromatic carbocycles. The predicted molar refractivity (Wildman–Crippen MR) is 88.2 cm³/mol. The van der Waals surface area contributed by atoms with Crippen LogP contribution >= 0.6 is 0 Å². The number of hydrogen-bond acceptors (Lipinski definition) is 3. The zero-order chi connectivity index (χ0) is 15.2. The molecule has 2 rings (SSSR count). The summed E-state index contributed by atoms with van der Waals surface area (Å²) in [6.45, 7) is 6.79. The van der Waals surface area contributed by atoms with Crippen LogP contribution in [0.5, 0.6) is 0 Å². The number of para-hydroxylation sites is 2. The molecule has 3 N–H and O–H groups in total. The molecule has 1 heterocycles. The summed E-state index contributed by atoms with van der Waals surface area (Å²) in [5, 5.41) is 2.89. The Balaban J connectivity index is 1.73. The molecule has 21 heavy (non-hydrogen) atoms. The number of nitrogen functional groups attached to an aromatic ring is 1. The summed E-state index contributed by atoms with van der Waals surface area (Å²) in [6.07, 6.45) is 4.05. The maximum atomic E-state index is 12.0. The SMILES string of the molecule is CC1CCCN(CCCC(=O)Nc2ccccc2N)C1C. The lowest BCUT2D eigenvalue weighted by Crippen LogP contribution is -2.42. The van der Waals surface area contributed by atoms with Gasteiger partial charge in [-0.1, -0.05) is 19.1 Å². The Morgan fingerprint density at radius 2 is 2.14 bits per heavy atom. The van der Waals surface area contributed by atoms with Crippen LogP contribution in [0.15, 0.2) is 24.3 Å². The summed E-state index contributed by atoms with van der Waals surface area (Å²) >= 11 is 0. The van der Waals surface area contributed by atoms with Gasteiger partial charge in [-0.05, 0) is 57.3 Å². The molecule has 116 valence electrons. The maximum absolute atomic E-state index is 12.0. The smallest absolute Gasteiger partial charge is 0.224 e. The second-order valence-electron chi connectivity index (χ2n) is 6.14. The third kappa shape index (κ3) is 4.46. The van der Waals surface area contributed by atoms with Gasteiger partial charge in [-0.2, -0.15) is 0 Å². The van der Waals surface area contributed by atoms with Gasteiger partial charge in [0.25, 0.3) is 0 Å². The Morgan fingerprint density at radius 1 is 1.38 bits per heavy atom. The minimum absolute atomic E-state index is 0.0469. The van der Waals surface area contributed by atoms with Crippen LogP contribution in [0.4, 0.5) is 11.4 Å². The number of rotatable bonds is 5. The minimum atomic E-state index is 0.0469. The number of nitrogens with two attached hydrogens (primary N) is 1. The number of piperidine rings is 1. The van der Waals surface area contributed by atoms with E-state index in [1.165, 1.54) is 19.4 Å². The maximum Gasteiger partial charge on any atom is 0.224 e. The molecule has 0 aliphatic carbocycles. The number of amides is 1. The molecule has 2 unspecified atom stereocenters. The van der Waals surface area contributed by atoms with Gasteiger partial charge in [0.2, 0.25) is 5.91 Å².